The molecule has 0 radical (unpaired) electrons. The first kappa shape index (κ1) is 83.9. The fourth-order valence-electron chi connectivity index (χ4n) is 17.3. The highest BCUT2D eigenvalue weighted by Crippen LogP contribution is 2.57. The van der Waals surface area contributed by atoms with Crippen LogP contribution in [0.15, 0.2) is 73.3 Å². The SMILES string of the molecule is CC(CO)Cn1cc([C@@H]2C[C@]3(C[C@H](C)N2)OC[C@@H](O)c2cc(Cl)sc23)nn1.CCOCCn1cc([C@@H]2C[C@]3(C[C@H](C)N2)OC[C@@H](O)c2cc(Cl)sc23)nn1.CNC(=O)C(C)Cn1cc([C@@H]2C[C@]3(C[C@H](C)N2)OC[C@@H](O)c2cc(Cl)sc23)nn1.C[C@H]1C[C@@]2(C[C@@H](c3cn(Cc4ccc(O)cc4)nn3)N1)OC[C@@H](O)c1cc(Cl)sc12. The molecule has 1 amide bonds. The highest BCUT2D eigenvalue weighted by atomic mass is 35.5. The standard InChI is InChI=1S/C21H23ClN4O3S.C19H26ClN5O3S.2C18H25ClN4O3S/c1-12-7-21(20-15(6-19(22)30-20)18(28)11-29-21)8-16(23-12)17-10-26(25-24-17)9-13-2-4-14(27)5-3-13;1-10(18(27)21-3)7-25-8-14(23-24-25)13-6-19(5-11(2)22-13)17-12(4-16(20)29-17)15(26)9-28-19;1-10(8-24)6-23-7-14(21-22-23)13-5-18(4-11(2)20-13)17-12(3-16(19)27-17)15(25)9-26-18;1-3-25-5-4-23-9-14(21-22-23)13-8-18(7-11(2)20-13)17-12(6-16(19)27-17)15(24)10-26-18/h2-6,10,12,16,18,23,27-28H,7-9,11H2,1H3;4,8,10-11,13,15,22,26H,5-7,9H2,1-3H3,(H,21,27);3,7,10-11,13,15,20,24-25H,4-6,8-9H2,1-2H3;6,9,11,13,15,20,24H,3-5,7-8,10H2,1-2H3/t12-,16-,18+,21-;10?,11-,13-,15+,19-;10?,11-,13-,15+,18-;11-,13-,15+,18-/m0000/s1. The van der Waals surface area contributed by atoms with Crippen molar-refractivity contribution >= 4 is 97.7 Å². The molecule has 0 saturated carbocycles. The quantitative estimate of drug-likeness (QED) is 0.0400. The van der Waals surface area contributed by atoms with Crippen molar-refractivity contribution < 1.29 is 59.1 Å². The third kappa shape index (κ3) is 18.7. The molecule has 113 heavy (non-hydrogen) atoms. The van der Waals surface area contributed by atoms with Gasteiger partial charge in [0, 0.05) is 118 Å². The third-order valence-electron chi connectivity index (χ3n) is 22.3. The van der Waals surface area contributed by atoms with Crippen LogP contribution in [0.1, 0.15) is 219 Å². The van der Waals surface area contributed by atoms with Crippen molar-refractivity contribution in [3.63, 3.8) is 0 Å². The van der Waals surface area contributed by atoms with Crippen molar-refractivity contribution in [3.05, 3.63) is 161 Å². The van der Waals surface area contributed by atoms with Gasteiger partial charge in [0.05, 0.1) is 148 Å². The molecule has 4 fully saturated rings. The average molecular weight is 1710 g/mol. The van der Waals surface area contributed by atoms with Gasteiger partial charge in [-0.15, -0.1) is 65.7 Å². The zero-order valence-electron chi connectivity index (χ0n) is 64.1. The summed E-state index contributed by atoms with van der Waals surface area (Å²) >= 11 is 31.1. The van der Waals surface area contributed by atoms with Gasteiger partial charge in [-0.05, 0) is 108 Å². The summed E-state index contributed by atoms with van der Waals surface area (Å²) in [6.07, 6.45) is 11.3. The van der Waals surface area contributed by atoms with Crippen molar-refractivity contribution in [1.82, 2.24) is 86.6 Å². The Morgan fingerprint density at radius 1 is 0.531 bits per heavy atom. The van der Waals surface area contributed by atoms with Crippen LogP contribution in [0.2, 0.25) is 17.3 Å². The molecular formula is C76H99Cl4N17O12S4. The smallest absolute Gasteiger partial charge is 0.224 e. The fraction of sp³-hybridized carbons (Fsp3) is 0.592. The average Bonchev–Trinajstić information content (AvgIpc) is 1.68. The summed E-state index contributed by atoms with van der Waals surface area (Å²) < 4.78 is 40.2. The normalized spacial score (nSPS) is 30.2. The maximum atomic E-state index is 11.8. The van der Waals surface area contributed by atoms with Gasteiger partial charge in [0.1, 0.15) is 52.6 Å². The molecule has 8 aromatic heterocycles. The van der Waals surface area contributed by atoms with Gasteiger partial charge in [-0.2, -0.15) is 0 Å². The first-order valence-electron chi connectivity index (χ1n) is 38.4. The number of halogens is 4. The lowest BCUT2D eigenvalue weighted by Crippen LogP contribution is -2.50. The molecule has 4 spiro atoms. The Hall–Kier alpha value is -5.55. The number of hydrogen-bond acceptors (Lipinski definition) is 28. The largest absolute Gasteiger partial charge is 0.508 e. The number of hydrogen-bond donors (Lipinski definition) is 11. The second-order valence-electron chi connectivity index (χ2n) is 31.4. The molecule has 1 aromatic carbocycles. The zero-order chi connectivity index (χ0) is 79.8. The van der Waals surface area contributed by atoms with E-state index in [1.807, 2.05) is 86.6 Å². The third-order valence-corrected chi connectivity index (χ3v) is 28.1. The molecule has 17 rings (SSSR count). The van der Waals surface area contributed by atoms with E-state index < -0.39 is 46.8 Å². The van der Waals surface area contributed by atoms with E-state index in [4.69, 9.17) is 70.1 Å². The summed E-state index contributed by atoms with van der Waals surface area (Å²) in [6.45, 7) is 19.2. The molecule has 9 aromatic rings. The number of nitrogens with zero attached hydrogens (tertiary/aromatic N) is 12. The monoisotopic (exact) mass is 1710 g/mol. The lowest BCUT2D eigenvalue weighted by molar-refractivity contribution is -0.129. The number of phenolic OH excluding ortho intramolecular Hbond substituents is 1. The van der Waals surface area contributed by atoms with E-state index in [0.717, 1.165) is 102 Å². The Morgan fingerprint density at radius 3 is 1.20 bits per heavy atom. The molecule has 0 aliphatic carbocycles. The van der Waals surface area contributed by atoms with E-state index in [9.17, 15) is 35.4 Å². The number of nitrogens with one attached hydrogen (secondary N) is 5. The molecule has 0 bridgehead atoms. The lowest BCUT2D eigenvalue weighted by Gasteiger charge is -2.46. The minimum absolute atomic E-state index is 0.00380. The number of rotatable bonds is 16. The second kappa shape index (κ2) is 35.6. The molecule has 8 aliphatic rings. The Morgan fingerprint density at radius 2 is 0.858 bits per heavy atom. The lowest BCUT2D eigenvalue weighted by atomic mass is 9.79. The zero-order valence-corrected chi connectivity index (χ0v) is 70.4. The van der Waals surface area contributed by atoms with E-state index in [2.05, 4.69) is 95.5 Å². The number of ether oxygens (including phenoxy) is 5. The number of thiophene rings is 4. The van der Waals surface area contributed by atoms with Gasteiger partial charge < -0.3 is 80.9 Å². The van der Waals surface area contributed by atoms with E-state index in [1.54, 1.807) is 33.2 Å². The number of amides is 1. The Kier molecular flexibility index (Phi) is 26.4. The van der Waals surface area contributed by atoms with Crippen molar-refractivity contribution in [2.45, 2.75) is 221 Å². The second-order valence-corrected chi connectivity index (χ2v) is 38.1. The topological polar surface area (TPSA) is 368 Å². The number of aliphatic hydroxyl groups is 5. The van der Waals surface area contributed by atoms with Crippen LogP contribution >= 0.6 is 91.8 Å². The van der Waals surface area contributed by atoms with Crippen molar-refractivity contribution in [3.8, 4) is 5.75 Å². The minimum Gasteiger partial charge on any atom is -0.508 e. The molecule has 4 saturated heterocycles. The predicted octanol–water partition coefficient (Wildman–Crippen LogP) is 10.9. The highest BCUT2D eigenvalue weighted by Gasteiger charge is 2.53. The first-order chi connectivity index (χ1) is 54.1. The van der Waals surface area contributed by atoms with Gasteiger partial charge in [-0.3, -0.25) is 14.2 Å². The number of carbonyl (C=O) groups excluding carboxylic acids is 1. The predicted molar refractivity (Wildman–Crippen MR) is 429 cm³/mol. The molecule has 16 heterocycles. The molecule has 612 valence electrons. The fourth-order valence-corrected chi connectivity index (χ4v) is 23.1. The molecule has 29 nitrogen and oxygen atoms in total. The van der Waals surface area contributed by atoms with Crippen LogP contribution in [-0.4, -0.2) is 174 Å². The summed E-state index contributed by atoms with van der Waals surface area (Å²) in [7, 11) is 1.63. The van der Waals surface area contributed by atoms with Gasteiger partial charge in [-0.1, -0.05) is 93.2 Å². The van der Waals surface area contributed by atoms with Crippen molar-refractivity contribution in [2.24, 2.45) is 11.8 Å². The number of aromatic nitrogens is 12. The summed E-state index contributed by atoms with van der Waals surface area (Å²) in [5.41, 5.74) is 6.15. The summed E-state index contributed by atoms with van der Waals surface area (Å²) in [6, 6.07) is 15.3. The summed E-state index contributed by atoms with van der Waals surface area (Å²) in [4.78, 5) is 15.9. The van der Waals surface area contributed by atoms with Gasteiger partial charge in [-0.25, -0.2) is 9.36 Å². The van der Waals surface area contributed by atoms with Crippen LogP contribution in [0.25, 0.3) is 0 Å². The van der Waals surface area contributed by atoms with Gasteiger partial charge in [0.15, 0.2) is 0 Å². The summed E-state index contributed by atoms with van der Waals surface area (Å²) in [5, 5.41) is 112. The van der Waals surface area contributed by atoms with E-state index in [-0.39, 0.29) is 98.3 Å². The van der Waals surface area contributed by atoms with E-state index >= 15 is 0 Å². The van der Waals surface area contributed by atoms with Crippen LogP contribution < -0.4 is 26.6 Å². The van der Waals surface area contributed by atoms with Crippen molar-refractivity contribution in [1.29, 1.82) is 0 Å². The number of phenols is 1. The minimum atomic E-state index is -0.643. The van der Waals surface area contributed by atoms with Gasteiger partial charge in [0.2, 0.25) is 5.91 Å². The van der Waals surface area contributed by atoms with Gasteiger partial charge in [0.25, 0.3) is 0 Å². The Labute approximate surface area is 691 Å². The van der Waals surface area contributed by atoms with E-state index in [0.29, 0.717) is 82.6 Å². The molecule has 18 atom stereocenters. The summed E-state index contributed by atoms with van der Waals surface area (Å²) in [5.74, 6) is 0.150. The maximum absolute atomic E-state index is 11.8. The number of benzene rings is 1. The van der Waals surface area contributed by atoms with Crippen LogP contribution in [-0.2, 0) is 77.1 Å². The number of aromatic hydroxyl groups is 1. The Balaban J connectivity index is 0.000000125. The molecule has 37 heteroatoms. The number of aliphatic hydroxyl groups excluding tert-OH is 5. The van der Waals surface area contributed by atoms with Crippen LogP contribution in [0, 0.1) is 11.8 Å². The van der Waals surface area contributed by atoms with Crippen molar-refractivity contribution in [2.75, 3.05) is 53.3 Å². The molecule has 2 unspecified atom stereocenters. The number of piperidine rings is 4. The Bertz CT molecular complexity index is 4710. The molecule has 11 N–H and O–H groups in total. The van der Waals surface area contributed by atoms with Gasteiger partial charge >= 0.3 is 0 Å². The van der Waals surface area contributed by atoms with Crippen LogP contribution in [0.3, 0.4) is 0 Å². The highest BCUT2D eigenvalue weighted by molar-refractivity contribution is 7.17. The number of fused-ring (bicyclic) bond motifs is 8. The van der Waals surface area contributed by atoms with Crippen LogP contribution in [0.5, 0.6) is 5.75 Å². The maximum Gasteiger partial charge on any atom is 0.224 e. The molecule has 8 aliphatic heterocycles. The molecular weight excluding hydrogens is 1610 g/mol. The number of carbonyl (C=O) groups is 1. The van der Waals surface area contributed by atoms with E-state index in [1.165, 1.54) is 45.3 Å². The van der Waals surface area contributed by atoms with Crippen LogP contribution in [0.4, 0.5) is 0 Å². The first-order valence-corrected chi connectivity index (χ1v) is 43.2.